The number of rotatable bonds is 6. The van der Waals surface area contributed by atoms with Crippen molar-refractivity contribution < 1.29 is 19.5 Å². The molecule has 0 aliphatic carbocycles. The van der Waals surface area contributed by atoms with Gasteiger partial charge in [-0.25, -0.2) is 4.79 Å². The van der Waals surface area contributed by atoms with E-state index >= 15 is 0 Å². The van der Waals surface area contributed by atoms with Crippen LogP contribution in [0.5, 0.6) is 0 Å². The summed E-state index contributed by atoms with van der Waals surface area (Å²) in [6.07, 6.45) is 0.270. The van der Waals surface area contributed by atoms with Crippen LogP contribution in [-0.4, -0.2) is 48.5 Å². The highest BCUT2D eigenvalue weighted by molar-refractivity contribution is 5.96. The summed E-state index contributed by atoms with van der Waals surface area (Å²) in [7, 11) is 0. The zero-order valence-corrected chi connectivity index (χ0v) is 16.3. The summed E-state index contributed by atoms with van der Waals surface area (Å²) in [6.45, 7) is 5.67. The molecule has 3 rings (SSSR count). The number of aliphatic carboxylic acids is 1. The fourth-order valence-electron chi connectivity index (χ4n) is 3.52. The molecule has 0 bridgehead atoms. The van der Waals surface area contributed by atoms with Crippen LogP contribution in [0.25, 0.3) is 0 Å². The second-order valence-electron chi connectivity index (χ2n) is 7.96. The van der Waals surface area contributed by atoms with E-state index in [-0.39, 0.29) is 37.6 Å². The van der Waals surface area contributed by atoms with Gasteiger partial charge >= 0.3 is 5.97 Å². The molecule has 1 aliphatic rings. The molecule has 0 saturated heterocycles. The minimum atomic E-state index is -1.06. The summed E-state index contributed by atoms with van der Waals surface area (Å²) in [5.41, 5.74) is 0.00154. The molecule has 8 heteroatoms. The Bertz CT molecular complexity index is 904. The molecule has 0 fully saturated rings. The van der Waals surface area contributed by atoms with Crippen LogP contribution in [0.4, 0.5) is 0 Å². The molecule has 1 unspecified atom stereocenters. The number of hydrogen-bond acceptors (Lipinski definition) is 5. The highest BCUT2D eigenvalue weighted by Gasteiger charge is 2.38. The summed E-state index contributed by atoms with van der Waals surface area (Å²) >= 11 is 0. The first kappa shape index (κ1) is 19.7. The van der Waals surface area contributed by atoms with Gasteiger partial charge in [0, 0.05) is 18.4 Å². The number of amides is 1. The lowest BCUT2D eigenvalue weighted by atomic mass is 9.82. The van der Waals surface area contributed by atoms with Crippen LogP contribution < -0.4 is 0 Å². The Balaban J connectivity index is 1.73. The molecule has 1 aliphatic heterocycles. The second kappa shape index (κ2) is 7.53. The van der Waals surface area contributed by atoms with Crippen molar-refractivity contribution in [2.45, 2.75) is 52.7 Å². The number of benzene rings is 1. The maximum absolute atomic E-state index is 13.0. The van der Waals surface area contributed by atoms with Gasteiger partial charge in [-0.3, -0.25) is 9.59 Å². The van der Waals surface area contributed by atoms with Gasteiger partial charge in [-0.15, -0.1) is 10.2 Å². The van der Waals surface area contributed by atoms with Gasteiger partial charge in [-0.2, -0.15) is 0 Å². The fourth-order valence-corrected chi connectivity index (χ4v) is 3.52. The Kier molecular flexibility index (Phi) is 5.31. The molecule has 0 radical (unpaired) electrons. The molecule has 8 nitrogen and oxygen atoms in total. The molecule has 1 aromatic carbocycles. The van der Waals surface area contributed by atoms with E-state index in [0.29, 0.717) is 17.2 Å². The van der Waals surface area contributed by atoms with Crippen molar-refractivity contribution in [2.75, 3.05) is 0 Å². The first-order valence-corrected chi connectivity index (χ1v) is 9.17. The van der Waals surface area contributed by atoms with Crippen LogP contribution in [0.1, 0.15) is 48.7 Å². The van der Waals surface area contributed by atoms with Crippen LogP contribution in [0.3, 0.4) is 0 Å². The molecule has 2 heterocycles. The smallest absolute Gasteiger partial charge is 0.328 e. The van der Waals surface area contributed by atoms with Gasteiger partial charge in [0.25, 0.3) is 0 Å². The van der Waals surface area contributed by atoms with Gasteiger partial charge in [0.1, 0.15) is 11.9 Å². The van der Waals surface area contributed by atoms with Crippen molar-refractivity contribution in [3.63, 3.8) is 0 Å². The van der Waals surface area contributed by atoms with Crippen LogP contribution in [0.2, 0.25) is 0 Å². The van der Waals surface area contributed by atoms with Gasteiger partial charge in [-0.05, 0) is 12.3 Å². The first-order valence-electron chi connectivity index (χ1n) is 9.17. The fraction of sp³-hybridized carbons (Fsp3) is 0.450. The van der Waals surface area contributed by atoms with E-state index in [4.69, 9.17) is 0 Å². The Hall–Kier alpha value is -3.03. The third kappa shape index (κ3) is 4.11. The molecule has 1 amide bonds. The molecule has 28 heavy (non-hydrogen) atoms. The van der Waals surface area contributed by atoms with Crippen LogP contribution in [0, 0.1) is 12.3 Å². The third-order valence-corrected chi connectivity index (χ3v) is 5.03. The van der Waals surface area contributed by atoms with E-state index in [1.54, 1.807) is 35.8 Å². The Labute approximate surface area is 163 Å². The van der Waals surface area contributed by atoms with Crippen molar-refractivity contribution in [2.24, 2.45) is 5.41 Å². The Morgan fingerprint density at radius 3 is 2.46 bits per heavy atom. The molecule has 1 N–H and O–H groups in total. The number of nitrogens with zero attached hydrogens (tertiary/aromatic N) is 4. The van der Waals surface area contributed by atoms with Crippen molar-refractivity contribution >= 4 is 17.7 Å². The number of carboxylic acids is 1. The summed E-state index contributed by atoms with van der Waals surface area (Å²) in [6, 6.07) is 7.97. The van der Waals surface area contributed by atoms with Crippen molar-refractivity contribution in [3.05, 3.63) is 47.5 Å². The van der Waals surface area contributed by atoms with E-state index in [0.717, 1.165) is 0 Å². The molecule has 0 spiro atoms. The molecule has 148 valence electrons. The number of aromatic nitrogens is 3. The normalized spacial score (nSPS) is 16.5. The van der Waals surface area contributed by atoms with Gasteiger partial charge in [-0.1, -0.05) is 44.2 Å². The third-order valence-electron chi connectivity index (χ3n) is 5.03. The maximum atomic E-state index is 13.0. The number of carbonyl (C=O) groups excluding carboxylic acids is 2. The second-order valence-corrected chi connectivity index (χ2v) is 7.96. The van der Waals surface area contributed by atoms with Gasteiger partial charge < -0.3 is 14.6 Å². The minimum Gasteiger partial charge on any atom is -0.480 e. The minimum absolute atomic E-state index is 0.0396. The number of hydrogen-bond donors (Lipinski definition) is 1. The van der Waals surface area contributed by atoms with Crippen molar-refractivity contribution in [1.29, 1.82) is 0 Å². The number of fused-ring (bicyclic) bond motifs is 1. The van der Waals surface area contributed by atoms with Crippen molar-refractivity contribution in [1.82, 2.24) is 19.7 Å². The largest absolute Gasteiger partial charge is 0.480 e. The standard InChI is InChI=1S/C20H24N4O4/c1-13-21-22-17-12-24(15(19(27)28)11-23(13)17)18(26)10-20(2,3)9-16(25)14-7-5-4-6-8-14/h4-8,15H,9-12H2,1-3H3,(H,27,28). The predicted molar refractivity (Wildman–Crippen MR) is 101 cm³/mol. The number of Topliss-reactive ketones (excluding diaryl/α,β-unsaturated/α-hetero) is 1. The number of aryl methyl sites for hydroxylation is 1. The van der Waals surface area contributed by atoms with E-state index in [1.165, 1.54) is 4.90 Å². The lowest BCUT2D eigenvalue weighted by Crippen LogP contribution is -2.51. The number of ketones is 1. The molecular formula is C20H24N4O4. The van der Waals surface area contributed by atoms with Crippen LogP contribution in [0.15, 0.2) is 30.3 Å². The SMILES string of the molecule is Cc1nnc2n1CC(C(=O)O)N(C(=O)CC(C)(C)CC(=O)c1ccccc1)C2. The monoisotopic (exact) mass is 384 g/mol. The topological polar surface area (TPSA) is 105 Å². The average molecular weight is 384 g/mol. The summed E-state index contributed by atoms with van der Waals surface area (Å²) in [4.78, 5) is 38.5. The Morgan fingerprint density at radius 1 is 1.14 bits per heavy atom. The van der Waals surface area contributed by atoms with Gasteiger partial charge in [0.05, 0.1) is 13.1 Å². The average Bonchev–Trinajstić information content (AvgIpc) is 3.00. The molecule has 1 aromatic heterocycles. The quantitative estimate of drug-likeness (QED) is 0.765. The highest BCUT2D eigenvalue weighted by Crippen LogP contribution is 2.30. The van der Waals surface area contributed by atoms with Gasteiger partial charge in [0.2, 0.25) is 5.91 Å². The molecule has 0 saturated carbocycles. The van der Waals surface area contributed by atoms with Crippen molar-refractivity contribution in [3.8, 4) is 0 Å². The van der Waals surface area contributed by atoms with Crippen LogP contribution in [-0.2, 0) is 22.7 Å². The number of carbonyl (C=O) groups is 3. The van der Waals surface area contributed by atoms with Gasteiger partial charge in [0.15, 0.2) is 11.6 Å². The van der Waals surface area contributed by atoms with E-state index < -0.39 is 17.4 Å². The predicted octanol–water partition coefficient (Wildman–Crippen LogP) is 2.07. The van der Waals surface area contributed by atoms with E-state index in [2.05, 4.69) is 10.2 Å². The zero-order valence-electron chi connectivity index (χ0n) is 16.3. The Morgan fingerprint density at radius 2 is 1.82 bits per heavy atom. The van der Waals surface area contributed by atoms with Crippen LogP contribution >= 0.6 is 0 Å². The number of carboxylic acid groups (broad SMARTS) is 1. The van der Waals surface area contributed by atoms with E-state index in [1.807, 2.05) is 19.9 Å². The maximum Gasteiger partial charge on any atom is 0.328 e. The van der Waals surface area contributed by atoms with E-state index in [9.17, 15) is 19.5 Å². The first-order chi connectivity index (χ1) is 13.2. The molecule has 1 atom stereocenters. The molecular weight excluding hydrogens is 360 g/mol. The summed E-state index contributed by atoms with van der Waals surface area (Å²) in [5, 5.41) is 17.6. The lowest BCUT2D eigenvalue weighted by molar-refractivity contribution is -0.153. The highest BCUT2D eigenvalue weighted by atomic mass is 16.4. The summed E-state index contributed by atoms with van der Waals surface area (Å²) in [5.74, 6) is -0.207. The molecule has 2 aromatic rings. The lowest BCUT2D eigenvalue weighted by Gasteiger charge is -2.35. The zero-order chi connectivity index (χ0) is 20.5. The summed E-state index contributed by atoms with van der Waals surface area (Å²) < 4.78 is 1.73.